The number of rotatable bonds is 5. The van der Waals surface area contributed by atoms with Crippen molar-refractivity contribution in [3.8, 4) is 0 Å². The highest BCUT2D eigenvalue weighted by Gasteiger charge is 2.39. The molecule has 3 aromatic rings. The van der Waals surface area contributed by atoms with E-state index in [2.05, 4.69) is 15.3 Å². The van der Waals surface area contributed by atoms with E-state index in [9.17, 15) is 23.1 Å². The minimum atomic E-state index is -3.60. The van der Waals surface area contributed by atoms with Crippen molar-refractivity contribution < 1.29 is 23.1 Å². The average Bonchev–Trinajstić information content (AvgIpc) is 3.26. The van der Waals surface area contributed by atoms with Crippen LogP contribution in [0.3, 0.4) is 0 Å². The fraction of sp³-hybridized carbons (Fsp3) is 0.517. The number of carbonyl (C=O) groups is 1. The van der Waals surface area contributed by atoms with Crippen LogP contribution in [0.2, 0.25) is 0 Å². The molecule has 1 aromatic carbocycles. The average molecular weight is 584 g/mol. The first-order chi connectivity index (χ1) is 19.2. The largest absolute Gasteiger partial charge is 0.444 e. The van der Waals surface area contributed by atoms with Crippen molar-refractivity contribution in [3.05, 3.63) is 52.9 Å². The molecule has 2 N–H and O–H groups in total. The van der Waals surface area contributed by atoms with Gasteiger partial charge in [-0.3, -0.25) is 9.36 Å². The predicted octanol–water partition coefficient (Wildman–Crippen LogP) is 4.18. The van der Waals surface area contributed by atoms with Crippen LogP contribution in [-0.2, 0) is 14.6 Å². The number of sulfone groups is 1. The summed E-state index contributed by atoms with van der Waals surface area (Å²) < 4.78 is 33.6. The number of hydrogen-bond acceptors (Lipinski definition) is 9. The molecule has 2 aliphatic rings. The second-order valence-corrected chi connectivity index (χ2v) is 14.4. The van der Waals surface area contributed by atoms with Crippen molar-refractivity contribution in [2.24, 2.45) is 0 Å². The van der Waals surface area contributed by atoms with Crippen LogP contribution in [0.15, 0.2) is 52.3 Å². The maximum Gasteiger partial charge on any atom is 0.410 e. The third-order valence-corrected chi connectivity index (χ3v) is 10.1. The first-order valence-corrected chi connectivity index (χ1v) is 15.5. The molecule has 11 nitrogen and oxygen atoms in total. The molecule has 0 unspecified atom stereocenters. The topological polar surface area (TPSA) is 144 Å². The zero-order valence-electron chi connectivity index (χ0n) is 23.8. The van der Waals surface area contributed by atoms with Gasteiger partial charge in [0.15, 0.2) is 9.84 Å². The Morgan fingerprint density at radius 3 is 2.39 bits per heavy atom. The van der Waals surface area contributed by atoms with Gasteiger partial charge in [-0.25, -0.2) is 18.2 Å². The molecule has 41 heavy (non-hydrogen) atoms. The van der Waals surface area contributed by atoms with Gasteiger partial charge in [0, 0.05) is 36.4 Å². The number of anilines is 2. The molecule has 2 atom stereocenters. The summed E-state index contributed by atoms with van der Waals surface area (Å²) in [5.41, 5.74) is -0.838. The zero-order chi connectivity index (χ0) is 29.6. The van der Waals surface area contributed by atoms with E-state index in [0.29, 0.717) is 55.5 Å². The van der Waals surface area contributed by atoms with Crippen molar-refractivity contribution in [3.63, 3.8) is 0 Å². The van der Waals surface area contributed by atoms with Gasteiger partial charge in [-0.2, -0.15) is 4.98 Å². The van der Waals surface area contributed by atoms with Crippen molar-refractivity contribution in [2.75, 3.05) is 18.4 Å². The quantitative estimate of drug-likeness (QED) is 0.452. The van der Waals surface area contributed by atoms with Crippen molar-refractivity contribution >= 4 is 38.6 Å². The van der Waals surface area contributed by atoms with Crippen LogP contribution in [0, 0.1) is 0 Å². The first-order valence-electron chi connectivity index (χ1n) is 13.9. The van der Waals surface area contributed by atoms with E-state index in [1.165, 1.54) is 6.07 Å². The molecule has 12 heteroatoms. The van der Waals surface area contributed by atoms with Crippen LogP contribution in [0.25, 0.3) is 11.0 Å². The van der Waals surface area contributed by atoms with Crippen LogP contribution in [-0.4, -0.2) is 68.6 Å². The summed E-state index contributed by atoms with van der Waals surface area (Å²) in [5, 5.41) is 14.1. The van der Waals surface area contributed by atoms with Crippen LogP contribution in [0.5, 0.6) is 0 Å². The Morgan fingerprint density at radius 2 is 1.78 bits per heavy atom. The number of pyridine rings is 1. The lowest BCUT2D eigenvalue weighted by atomic mass is 10.00. The smallest absolute Gasteiger partial charge is 0.410 e. The fourth-order valence-corrected chi connectivity index (χ4v) is 7.39. The lowest BCUT2D eigenvalue weighted by molar-refractivity contribution is 0.0216. The highest BCUT2D eigenvalue weighted by atomic mass is 32.2. The lowest BCUT2D eigenvalue weighted by Crippen LogP contribution is -2.44. The molecule has 1 aliphatic carbocycles. The number of nitrogens with zero attached hydrogens (tertiary/aromatic N) is 4. The maximum atomic E-state index is 13.3. The van der Waals surface area contributed by atoms with Crippen molar-refractivity contribution in [2.45, 2.75) is 87.2 Å². The van der Waals surface area contributed by atoms with E-state index in [4.69, 9.17) is 4.74 Å². The van der Waals surface area contributed by atoms with E-state index < -0.39 is 32.4 Å². The molecule has 0 bridgehead atoms. The fourth-order valence-electron chi connectivity index (χ4n) is 5.66. The molecule has 2 fully saturated rings. The SMILES string of the molecule is CC(C)(C)OC(=O)N1CCC(S(=O)(=O)c2ccc(Nc3ncc4ccc(=O)n([C@@H]5CCC[C@@]5(C)O)c4n3)cc2)CC1. The van der Waals surface area contributed by atoms with E-state index in [1.54, 1.807) is 73.7 Å². The summed E-state index contributed by atoms with van der Waals surface area (Å²) in [5.74, 6) is 0.250. The molecule has 0 radical (unpaired) electrons. The second kappa shape index (κ2) is 10.7. The number of benzene rings is 1. The molecule has 1 saturated carbocycles. The number of aromatic nitrogens is 3. The molecular weight excluding hydrogens is 546 g/mol. The van der Waals surface area contributed by atoms with Gasteiger partial charge in [0.1, 0.15) is 11.2 Å². The number of likely N-dealkylation sites (tertiary alicyclic amines) is 1. The summed E-state index contributed by atoms with van der Waals surface area (Å²) >= 11 is 0. The highest BCUT2D eigenvalue weighted by Crippen LogP contribution is 2.39. The van der Waals surface area contributed by atoms with Gasteiger partial charge in [0.2, 0.25) is 5.95 Å². The number of nitrogens with one attached hydrogen (secondary N) is 1. The van der Waals surface area contributed by atoms with Crippen LogP contribution >= 0.6 is 0 Å². The normalized spacial score (nSPS) is 22.2. The lowest BCUT2D eigenvalue weighted by Gasteiger charge is -2.33. The van der Waals surface area contributed by atoms with Gasteiger partial charge < -0.3 is 20.1 Å². The van der Waals surface area contributed by atoms with Gasteiger partial charge in [0.05, 0.1) is 21.8 Å². The summed E-state index contributed by atoms with van der Waals surface area (Å²) in [7, 11) is -3.60. The Bertz CT molecular complexity index is 1600. The van der Waals surface area contributed by atoms with Crippen LogP contribution in [0.4, 0.5) is 16.4 Å². The van der Waals surface area contributed by atoms with Gasteiger partial charge in [-0.15, -0.1) is 0 Å². The van der Waals surface area contributed by atoms with E-state index in [1.807, 2.05) is 0 Å². The van der Waals surface area contributed by atoms with Gasteiger partial charge in [-0.05, 0) is 90.1 Å². The summed E-state index contributed by atoms with van der Waals surface area (Å²) in [6.07, 6.45) is 3.96. The highest BCUT2D eigenvalue weighted by molar-refractivity contribution is 7.92. The van der Waals surface area contributed by atoms with Crippen molar-refractivity contribution in [1.29, 1.82) is 0 Å². The molecule has 2 aromatic heterocycles. The number of ether oxygens (including phenoxy) is 1. The molecule has 0 spiro atoms. The summed E-state index contributed by atoms with van der Waals surface area (Å²) in [6.45, 7) is 7.78. The Morgan fingerprint density at radius 1 is 1.10 bits per heavy atom. The number of piperidine rings is 1. The number of aliphatic hydroxyl groups is 1. The third-order valence-electron chi connectivity index (χ3n) is 7.83. The van der Waals surface area contributed by atoms with Crippen LogP contribution < -0.4 is 10.9 Å². The van der Waals surface area contributed by atoms with Gasteiger partial charge in [-0.1, -0.05) is 0 Å². The number of fused-ring (bicyclic) bond motifs is 1. The molecule has 220 valence electrons. The first kappa shape index (κ1) is 29.0. The third kappa shape index (κ3) is 6.08. The molecule has 1 amide bonds. The van der Waals surface area contributed by atoms with Crippen LogP contribution in [0.1, 0.15) is 65.8 Å². The Balaban J connectivity index is 1.30. The standard InChI is InChI=1S/C29H37N5O6S/c1-28(2,3)40-27(36)33-16-13-22(14-17-33)41(38,39)21-10-8-20(9-11-21)31-26-30-18-19-7-12-24(35)34(25(19)32-26)23-6-5-15-29(23,4)37/h7-12,18,22-23,37H,5-6,13-17H2,1-4H3,(H,30,31,32)/t23-,29-/m1/s1. The minimum Gasteiger partial charge on any atom is -0.444 e. The van der Waals surface area contributed by atoms with E-state index in [-0.39, 0.29) is 22.4 Å². The maximum absolute atomic E-state index is 13.3. The number of hydrogen-bond donors (Lipinski definition) is 2. The Kier molecular flexibility index (Phi) is 7.58. The van der Waals surface area contributed by atoms with Gasteiger partial charge in [0.25, 0.3) is 5.56 Å². The zero-order valence-corrected chi connectivity index (χ0v) is 24.6. The molecule has 5 rings (SSSR count). The second-order valence-electron chi connectivity index (χ2n) is 12.1. The monoisotopic (exact) mass is 583 g/mol. The van der Waals surface area contributed by atoms with Crippen molar-refractivity contribution in [1.82, 2.24) is 19.4 Å². The predicted molar refractivity (Wildman–Crippen MR) is 155 cm³/mol. The molecular formula is C29H37N5O6S. The Labute approximate surface area is 239 Å². The van der Waals surface area contributed by atoms with E-state index in [0.717, 1.165) is 6.42 Å². The summed E-state index contributed by atoms with van der Waals surface area (Å²) in [6, 6.07) is 9.14. The van der Waals surface area contributed by atoms with Gasteiger partial charge >= 0.3 is 6.09 Å². The molecule has 1 saturated heterocycles. The minimum absolute atomic E-state index is 0.204. The number of carbonyl (C=O) groups excluding carboxylic acids is 1. The Hall–Kier alpha value is -3.51. The summed E-state index contributed by atoms with van der Waals surface area (Å²) in [4.78, 5) is 35.9. The van der Waals surface area contributed by atoms with E-state index >= 15 is 0 Å². The number of amides is 1. The molecule has 1 aliphatic heterocycles. The molecule has 3 heterocycles.